The van der Waals surface area contributed by atoms with Gasteiger partial charge in [-0.25, -0.2) is 10.9 Å². The summed E-state index contributed by atoms with van der Waals surface area (Å²) in [6.45, 7) is 2.35. The zero-order valence-corrected chi connectivity index (χ0v) is 8.14. The standard InChI is InChI=1S/C10H14N2O2/c1-2-14-8-10(13)12(11)9-6-4-3-5-7-9/h3-7H,2,8,11H2,1H3. The van der Waals surface area contributed by atoms with E-state index in [-0.39, 0.29) is 12.5 Å². The van der Waals surface area contributed by atoms with Gasteiger partial charge in [0.25, 0.3) is 5.91 Å². The Morgan fingerprint density at radius 2 is 2.07 bits per heavy atom. The quantitative estimate of drug-likeness (QED) is 0.440. The summed E-state index contributed by atoms with van der Waals surface area (Å²) in [5.74, 6) is 5.33. The molecule has 1 aromatic carbocycles. The summed E-state index contributed by atoms with van der Waals surface area (Å²) in [4.78, 5) is 11.4. The third-order valence-electron chi connectivity index (χ3n) is 1.73. The fraction of sp³-hybridized carbons (Fsp3) is 0.300. The minimum absolute atomic E-state index is 0.0158. The Morgan fingerprint density at radius 1 is 1.43 bits per heavy atom. The lowest BCUT2D eigenvalue weighted by Gasteiger charge is -2.15. The number of hydrazine groups is 1. The van der Waals surface area contributed by atoms with E-state index in [4.69, 9.17) is 10.6 Å². The number of nitrogens with two attached hydrogens (primary N) is 1. The Morgan fingerprint density at radius 3 is 2.64 bits per heavy atom. The minimum Gasteiger partial charge on any atom is -0.372 e. The number of para-hydroxylation sites is 1. The Bertz CT molecular complexity index is 287. The lowest BCUT2D eigenvalue weighted by Crippen LogP contribution is -2.39. The zero-order chi connectivity index (χ0) is 10.4. The predicted octanol–water partition coefficient (Wildman–Crippen LogP) is 0.930. The number of hydrogen-bond donors (Lipinski definition) is 1. The van der Waals surface area contributed by atoms with Gasteiger partial charge in [-0.3, -0.25) is 4.79 Å². The SMILES string of the molecule is CCOCC(=O)N(N)c1ccccc1. The average molecular weight is 194 g/mol. The van der Waals surface area contributed by atoms with Gasteiger partial charge in [0.1, 0.15) is 6.61 Å². The normalized spacial score (nSPS) is 9.86. The lowest BCUT2D eigenvalue weighted by molar-refractivity contribution is -0.123. The average Bonchev–Trinajstić information content (AvgIpc) is 2.26. The zero-order valence-electron chi connectivity index (χ0n) is 8.14. The highest BCUT2D eigenvalue weighted by Crippen LogP contribution is 2.08. The van der Waals surface area contributed by atoms with Crippen LogP contribution in [0.4, 0.5) is 5.69 Å². The van der Waals surface area contributed by atoms with Crippen molar-refractivity contribution in [1.29, 1.82) is 0 Å². The third kappa shape index (κ3) is 2.83. The number of nitrogens with zero attached hydrogens (tertiary/aromatic N) is 1. The first-order chi connectivity index (χ1) is 6.75. The smallest absolute Gasteiger partial charge is 0.267 e. The molecular formula is C10H14N2O2. The summed E-state index contributed by atoms with van der Waals surface area (Å²) in [6.07, 6.45) is 0. The molecule has 4 nitrogen and oxygen atoms in total. The van der Waals surface area contributed by atoms with Crippen LogP contribution in [-0.2, 0) is 9.53 Å². The van der Waals surface area contributed by atoms with E-state index in [9.17, 15) is 4.79 Å². The predicted molar refractivity (Wildman–Crippen MR) is 54.6 cm³/mol. The number of carbonyl (C=O) groups is 1. The molecule has 0 bridgehead atoms. The molecule has 1 rings (SSSR count). The monoisotopic (exact) mass is 194 g/mol. The van der Waals surface area contributed by atoms with Crippen molar-refractivity contribution >= 4 is 11.6 Å². The molecule has 1 amide bonds. The van der Waals surface area contributed by atoms with E-state index < -0.39 is 0 Å². The van der Waals surface area contributed by atoms with Crippen LogP contribution in [-0.4, -0.2) is 19.1 Å². The number of hydrogen-bond acceptors (Lipinski definition) is 3. The highest BCUT2D eigenvalue weighted by molar-refractivity contribution is 5.92. The molecule has 1 aromatic rings. The molecule has 0 heterocycles. The molecule has 0 fully saturated rings. The molecule has 0 aliphatic rings. The van der Waals surface area contributed by atoms with Crippen LogP contribution in [0.3, 0.4) is 0 Å². The molecule has 4 heteroatoms. The molecule has 76 valence electrons. The Balaban J connectivity index is 2.57. The summed E-state index contributed by atoms with van der Waals surface area (Å²) in [5.41, 5.74) is 0.664. The Hall–Kier alpha value is -1.39. The summed E-state index contributed by atoms with van der Waals surface area (Å²) < 4.78 is 4.97. The van der Waals surface area contributed by atoms with Crippen LogP contribution in [0.5, 0.6) is 0 Å². The van der Waals surface area contributed by atoms with Gasteiger partial charge in [-0.2, -0.15) is 0 Å². The van der Waals surface area contributed by atoms with Crippen molar-refractivity contribution in [1.82, 2.24) is 0 Å². The number of ether oxygens (including phenoxy) is 1. The van der Waals surface area contributed by atoms with Crippen molar-refractivity contribution in [2.45, 2.75) is 6.92 Å². The van der Waals surface area contributed by atoms with E-state index in [1.165, 1.54) is 0 Å². The highest BCUT2D eigenvalue weighted by Gasteiger charge is 2.10. The van der Waals surface area contributed by atoms with Crippen molar-refractivity contribution in [3.05, 3.63) is 30.3 Å². The van der Waals surface area contributed by atoms with Crippen LogP contribution < -0.4 is 10.9 Å². The van der Waals surface area contributed by atoms with Gasteiger partial charge in [0.05, 0.1) is 5.69 Å². The molecule has 0 saturated carbocycles. The van der Waals surface area contributed by atoms with Gasteiger partial charge >= 0.3 is 0 Å². The first-order valence-corrected chi connectivity index (χ1v) is 4.46. The van der Waals surface area contributed by atoms with Crippen molar-refractivity contribution < 1.29 is 9.53 Å². The Kier molecular flexibility index (Phi) is 4.10. The fourth-order valence-electron chi connectivity index (χ4n) is 0.992. The molecule has 14 heavy (non-hydrogen) atoms. The van der Waals surface area contributed by atoms with Crippen LogP contribution >= 0.6 is 0 Å². The first-order valence-electron chi connectivity index (χ1n) is 4.46. The van der Waals surface area contributed by atoms with Gasteiger partial charge in [-0.05, 0) is 19.1 Å². The molecule has 0 aliphatic heterocycles. The highest BCUT2D eigenvalue weighted by atomic mass is 16.5. The summed E-state index contributed by atoms with van der Waals surface area (Å²) in [7, 11) is 0. The maximum absolute atomic E-state index is 11.4. The number of carbonyl (C=O) groups excluding carboxylic acids is 1. The number of anilines is 1. The van der Waals surface area contributed by atoms with Gasteiger partial charge in [-0.1, -0.05) is 18.2 Å². The van der Waals surface area contributed by atoms with Crippen molar-refractivity contribution in [3.8, 4) is 0 Å². The molecule has 0 atom stereocenters. The van der Waals surface area contributed by atoms with E-state index in [0.717, 1.165) is 5.01 Å². The summed E-state index contributed by atoms with van der Waals surface area (Å²) >= 11 is 0. The molecule has 0 aromatic heterocycles. The molecule has 0 radical (unpaired) electrons. The maximum atomic E-state index is 11.4. The lowest BCUT2D eigenvalue weighted by atomic mass is 10.3. The largest absolute Gasteiger partial charge is 0.372 e. The van der Waals surface area contributed by atoms with Gasteiger partial charge in [-0.15, -0.1) is 0 Å². The fourth-order valence-corrected chi connectivity index (χ4v) is 0.992. The summed E-state index contributed by atoms with van der Waals surface area (Å²) in [6, 6.07) is 9.05. The minimum atomic E-state index is -0.252. The van der Waals surface area contributed by atoms with Crippen LogP contribution in [0.25, 0.3) is 0 Å². The first kappa shape index (κ1) is 10.7. The molecule has 0 spiro atoms. The van der Waals surface area contributed by atoms with Crippen molar-refractivity contribution in [2.24, 2.45) is 5.84 Å². The van der Waals surface area contributed by atoms with E-state index in [2.05, 4.69) is 0 Å². The molecule has 0 aliphatic carbocycles. The van der Waals surface area contributed by atoms with Crippen LogP contribution in [0.2, 0.25) is 0 Å². The van der Waals surface area contributed by atoms with Gasteiger partial charge in [0.15, 0.2) is 0 Å². The molecule has 0 unspecified atom stereocenters. The molecular weight excluding hydrogens is 180 g/mol. The molecule has 0 saturated heterocycles. The second-order valence-electron chi connectivity index (χ2n) is 2.74. The van der Waals surface area contributed by atoms with E-state index >= 15 is 0 Å². The van der Waals surface area contributed by atoms with E-state index in [1.54, 1.807) is 12.1 Å². The van der Waals surface area contributed by atoms with Gasteiger partial charge in [0, 0.05) is 6.61 Å². The second kappa shape index (κ2) is 5.36. The second-order valence-corrected chi connectivity index (χ2v) is 2.74. The number of amides is 1. The number of benzene rings is 1. The summed E-state index contributed by atoms with van der Waals surface area (Å²) in [5, 5.41) is 1.09. The maximum Gasteiger partial charge on any atom is 0.267 e. The van der Waals surface area contributed by atoms with Crippen LogP contribution in [0.15, 0.2) is 30.3 Å². The molecule has 2 N–H and O–H groups in total. The van der Waals surface area contributed by atoms with Crippen LogP contribution in [0, 0.1) is 0 Å². The topological polar surface area (TPSA) is 55.6 Å². The number of rotatable bonds is 4. The van der Waals surface area contributed by atoms with Crippen molar-refractivity contribution in [3.63, 3.8) is 0 Å². The van der Waals surface area contributed by atoms with E-state index in [0.29, 0.717) is 12.3 Å². The van der Waals surface area contributed by atoms with E-state index in [1.807, 2.05) is 25.1 Å². The Labute approximate surface area is 83.2 Å². The third-order valence-corrected chi connectivity index (χ3v) is 1.73. The van der Waals surface area contributed by atoms with Crippen LogP contribution in [0.1, 0.15) is 6.92 Å². The van der Waals surface area contributed by atoms with Gasteiger partial charge < -0.3 is 4.74 Å². The van der Waals surface area contributed by atoms with Gasteiger partial charge in [0.2, 0.25) is 0 Å². The van der Waals surface area contributed by atoms with Crippen molar-refractivity contribution in [2.75, 3.05) is 18.2 Å².